The van der Waals surface area contributed by atoms with Crippen molar-refractivity contribution in [3.05, 3.63) is 29.3 Å². The zero-order valence-electron chi connectivity index (χ0n) is 12.3. The molecule has 5 nitrogen and oxygen atoms in total. The summed E-state index contributed by atoms with van der Waals surface area (Å²) in [6.45, 7) is 7.44. The second-order valence-corrected chi connectivity index (χ2v) is 4.51. The molecule has 0 aliphatic rings. The number of anilines is 1. The topological polar surface area (TPSA) is 67.4 Å². The molecular weight excluding hydrogens is 256 g/mol. The van der Waals surface area contributed by atoms with Gasteiger partial charge in [0, 0.05) is 25.4 Å². The van der Waals surface area contributed by atoms with Crippen LogP contribution in [0.1, 0.15) is 24.5 Å². The van der Waals surface area contributed by atoms with Gasteiger partial charge in [-0.05, 0) is 44.4 Å². The summed E-state index contributed by atoms with van der Waals surface area (Å²) in [5.41, 5.74) is 2.70. The zero-order valence-corrected chi connectivity index (χ0v) is 12.3. The monoisotopic (exact) mass is 278 g/mol. The first kappa shape index (κ1) is 16.2. The van der Waals surface area contributed by atoms with Gasteiger partial charge in [-0.2, -0.15) is 0 Å². The molecule has 2 amide bonds. The molecule has 0 aliphatic carbocycles. The normalized spacial score (nSPS) is 10.2. The third kappa shape index (κ3) is 5.01. The van der Waals surface area contributed by atoms with E-state index in [0.29, 0.717) is 31.9 Å². The Kier molecular flexibility index (Phi) is 6.73. The SMILES string of the molecule is CCOCCCNC(=O)C(=O)Nc1cccc(C)c1C. The summed E-state index contributed by atoms with van der Waals surface area (Å²) < 4.78 is 5.15. The van der Waals surface area contributed by atoms with Crippen LogP contribution in [0, 0.1) is 13.8 Å². The lowest BCUT2D eigenvalue weighted by Gasteiger charge is -2.10. The third-order valence-corrected chi connectivity index (χ3v) is 3.01. The van der Waals surface area contributed by atoms with E-state index in [9.17, 15) is 9.59 Å². The lowest BCUT2D eigenvalue weighted by molar-refractivity contribution is -0.136. The Morgan fingerprint density at radius 1 is 1.20 bits per heavy atom. The molecule has 0 atom stereocenters. The van der Waals surface area contributed by atoms with E-state index in [4.69, 9.17) is 4.74 Å². The second-order valence-electron chi connectivity index (χ2n) is 4.51. The molecule has 0 spiro atoms. The Morgan fingerprint density at radius 3 is 2.65 bits per heavy atom. The van der Waals surface area contributed by atoms with E-state index in [0.717, 1.165) is 11.1 Å². The van der Waals surface area contributed by atoms with Gasteiger partial charge >= 0.3 is 11.8 Å². The number of hydrogen-bond donors (Lipinski definition) is 2. The van der Waals surface area contributed by atoms with Crippen molar-refractivity contribution in [3.8, 4) is 0 Å². The van der Waals surface area contributed by atoms with Crippen molar-refractivity contribution in [2.24, 2.45) is 0 Å². The fourth-order valence-electron chi connectivity index (χ4n) is 1.67. The Bertz CT molecular complexity index is 472. The van der Waals surface area contributed by atoms with Crippen molar-refractivity contribution >= 4 is 17.5 Å². The van der Waals surface area contributed by atoms with Crippen LogP contribution in [0.15, 0.2) is 18.2 Å². The third-order valence-electron chi connectivity index (χ3n) is 3.01. The summed E-state index contributed by atoms with van der Waals surface area (Å²) in [7, 11) is 0. The molecule has 20 heavy (non-hydrogen) atoms. The van der Waals surface area contributed by atoms with Crippen molar-refractivity contribution in [1.29, 1.82) is 0 Å². The number of hydrogen-bond acceptors (Lipinski definition) is 3. The second kappa shape index (κ2) is 8.32. The van der Waals surface area contributed by atoms with Gasteiger partial charge in [0.1, 0.15) is 0 Å². The predicted octanol–water partition coefficient (Wildman–Crippen LogP) is 1.78. The molecule has 0 saturated heterocycles. The molecule has 5 heteroatoms. The maximum atomic E-state index is 11.7. The average molecular weight is 278 g/mol. The van der Waals surface area contributed by atoms with E-state index in [1.54, 1.807) is 6.07 Å². The number of rotatable bonds is 6. The standard InChI is InChI=1S/C15H22N2O3/c1-4-20-10-6-9-16-14(18)15(19)17-13-8-5-7-11(2)12(13)3/h5,7-8H,4,6,9-10H2,1-3H3,(H,16,18)(H,17,19). The Balaban J connectivity index is 2.42. The molecule has 0 heterocycles. The molecule has 0 radical (unpaired) electrons. The first-order valence-corrected chi connectivity index (χ1v) is 6.79. The van der Waals surface area contributed by atoms with Crippen LogP contribution in [-0.4, -0.2) is 31.6 Å². The molecule has 0 aliphatic heterocycles. The van der Waals surface area contributed by atoms with E-state index in [2.05, 4.69) is 10.6 Å². The molecule has 0 unspecified atom stereocenters. The van der Waals surface area contributed by atoms with E-state index < -0.39 is 11.8 Å². The number of aryl methyl sites for hydroxylation is 1. The molecule has 1 aromatic rings. The quantitative estimate of drug-likeness (QED) is 0.616. The van der Waals surface area contributed by atoms with Gasteiger partial charge in [0.05, 0.1) is 0 Å². The molecule has 0 fully saturated rings. The van der Waals surface area contributed by atoms with E-state index in [1.807, 2.05) is 32.9 Å². The summed E-state index contributed by atoms with van der Waals surface area (Å²) in [5, 5.41) is 5.19. The number of nitrogens with one attached hydrogen (secondary N) is 2. The van der Waals surface area contributed by atoms with Gasteiger partial charge in [-0.3, -0.25) is 9.59 Å². The molecule has 1 aromatic carbocycles. The Labute approximate surface area is 119 Å². The Morgan fingerprint density at radius 2 is 1.95 bits per heavy atom. The van der Waals surface area contributed by atoms with Crippen molar-refractivity contribution in [2.75, 3.05) is 25.1 Å². The van der Waals surface area contributed by atoms with Crippen LogP contribution in [0.3, 0.4) is 0 Å². The van der Waals surface area contributed by atoms with Gasteiger partial charge < -0.3 is 15.4 Å². The van der Waals surface area contributed by atoms with Crippen LogP contribution in [0.5, 0.6) is 0 Å². The predicted molar refractivity (Wildman–Crippen MR) is 78.7 cm³/mol. The van der Waals surface area contributed by atoms with Crippen LogP contribution in [0.4, 0.5) is 5.69 Å². The van der Waals surface area contributed by atoms with Crippen LogP contribution in [0.2, 0.25) is 0 Å². The van der Waals surface area contributed by atoms with Crippen molar-refractivity contribution in [3.63, 3.8) is 0 Å². The smallest absolute Gasteiger partial charge is 0.313 e. The van der Waals surface area contributed by atoms with Crippen LogP contribution >= 0.6 is 0 Å². The molecule has 2 N–H and O–H groups in total. The summed E-state index contributed by atoms with van der Waals surface area (Å²) in [5.74, 6) is -1.27. The van der Waals surface area contributed by atoms with Gasteiger partial charge in [0.25, 0.3) is 0 Å². The lowest BCUT2D eigenvalue weighted by atomic mass is 10.1. The number of benzene rings is 1. The fourth-order valence-corrected chi connectivity index (χ4v) is 1.67. The highest BCUT2D eigenvalue weighted by atomic mass is 16.5. The fraction of sp³-hybridized carbons (Fsp3) is 0.467. The highest BCUT2D eigenvalue weighted by Gasteiger charge is 2.14. The summed E-state index contributed by atoms with van der Waals surface area (Å²) in [6.07, 6.45) is 0.691. The highest BCUT2D eigenvalue weighted by molar-refractivity contribution is 6.39. The summed E-state index contributed by atoms with van der Waals surface area (Å²) in [6, 6.07) is 5.58. The molecule has 0 bridgehead atoms. The van der Waals surface area contributed by atoms with Crippen molar-refractivity contribution < 1.29 is 14.3 Å². The lowest BCUT2D eigenvalue weighted by Crippen LogP contribution is -2.36. The minimum atomic E-state index is -0.643. The zero-order chi connectivity index (χ0) is 15.0. The first-order chi connectivity index (χ1) is 9.56. The van der Waals surface area contributed by atoms with Gasteiger partial charge in [-0.1, -0.05) is 12.1 Å². The summed E-state index contributed by atoms with van der Waals surface area (Å²) >= 11 is 0. The minimum Gasteiger partial charge on any atom is -0.382 e. The number of carbonyl (C=O) groups is 2. The maximum Gasteiger partial charge on any atom is 0.313 e. The summed E-state index contributed by atoms with van der Waals surface area (Å²) in [4.78, 5) is 23.4. The molecule has 1 rings (SSSR count). The van der Waals surface area contributed by atoms with E-state index >= 15 is 0 Å². The molecule has 0 aromatic heterocycles. The highest BCUT2D eigenvalue weighted by Crippen LogP contribution is 2.17. The van der Waals surface area contributed by atoms with Gasteiger partial charge in [-0.25, -0.2) is 0 Å². The molecule has 110 valence electrons. The molecule has 0 saturated carbocycles. The molecular formula is C15H22N2O3. The number of ether oxygens (including phenoxy) is 1. The van der Waals surface area contributed by atoms with Crippen LogP contribution in [-0.2, 0) is 14.3 Å². The van der Waals surface area contributed by atoms with Gasteiger partial charge in [0.15, 0.2) is 0 Å². The maximum absolute atomic E-state index is 11.7. The number of amides is 2. The first-order valence-electron chi connectivity index (χ1n) is 6.79. The average Bonchev–Trinajstić information content (AvgIpc) is 2.43. The number of carbonyl (C=O) groups excluding carboxylic acids is 2. The minimum absolute atomic E-state index is 0.430. The van der Waals surface area contributed by atoms with E-state index in [1.165, 1.54) is 0 Å². The Hall–Kier alpha value is -1.88. The van der Waals surface area contributed by atoms with Gasteiger partial charge in [0.2, 0.25) is 0 Å². The van der Waals surface area contributed by atoms with E-state index in [-0.39, 0.29) is 0 Å². The van der Waals surface area contributed by atoms with Gasteiger partial charge in [-0.15, -0.1) is 0 Å². The largest absolute Gasteiger partial charge is 0.382 e. The van der Waals surface area contributed by atoms with Crippen LogP contribution < -0.4 is 10.6 Å². The van der Waals surface area contributed by atoms with Crippen molar-refractivity contribution in [1.82, 2.24) is 5.32 Å². The van der Waals surface area contributed by atoms with Crippen molar-refractivity contribution in [2.45, 2.75) is 27.2 Å². The van der Waals surface area contributed by atoms with Crippen LogP contribution in [0.25, 0.3) is 0 Å².